The van der Waals surface area contributed by atoms with Gasteiger partial charge in [-0.15, -0.1) is 0 Å². The molecule has 0 bridgehead atoms. The molecule has 3 aromatic rings. The van der Waals surface area contributed by atoms with Gasteiger partial charge in [0.25, 0.3) is 11.8 Å². The van der Waals surface area contributed by atoms with E-state index in [-0.39, 0.29) is 31.6 Å². The second kappa shape index (κ2) is 8.95. The van der Waals surface area contributed by atoms with E-state index in [1.165, 1.54) is 4.90 Å². The van der Waals surface area contributed by atoms with Crippen LogP contribution in [0.25, 0.3) is 0 Å². The van der Waals surface area contributed by atoms with Crippen LogP contribution in [0, 0.1) is 6.92 Å². The summed E-state index contributed by atoms with van der Waals surface area (Å²) in [6, 6.07) is 18.6. The van der Waals surface area contributed by atoms with E-state index in [4.69, 9.17) is 9.47 Å². The number of rotatable bonds is 5. The standard InChI is InChI=1S/C26H21BrN2O5/c1-16-2-5-18(6-3-16)25(31)28(14-17-4-11-22-23(12-17)34-15-33-22)21-13-24(30)29(26(21)32)20-9-7-19(27)8-10-20/h2-12,21H,13-15H2,1H3. The van der Waals surface area contributed by atoms with Crippen molar-refractivity contribution in [1.82, 2.24) is 4.90 Å². The number of hydrogen-bond acceptors (Lipinski definition) is 5. The maximum absolute atomic E-state index is 13.6. The third-order valence-electron chi connectivity index (χ3n) is 5.93. The highest BCUT2D eigenvalue weighted by atomic mass is 79.9. The summed E-state index contributed by atoms with van der Waals surface area (Å²) < 4.78 is 11.7. The van der Waals surface area contributed by atoms with Gasteiger partial charge in [-0.1, -0.05) is 39.7 Å². The number of amides is 3. The van der Waals surface area contributed by atoms with Gasteiger partial charge in [0, 0.05) is 16.6 Å². The van der Waals surface area contributed by atoms with Gasteiger partial charge in [-0.25, -0.2) is 4.90 Å². The number of anilines is 1. The molecule has 0 aliphatic carbocycles. The molecule has 8 heteroatoms. The molecular formula is C26H21BrN2O5. The number of aryl methyl sites for hydroxylation is 1. The molecule has 1 unspecified atom stereocenters. The molecule has 1 atom stereocenters. The average molecular weight is 521 g/mol. The van der Waals surface area contributed by atoms with Crippen molar-refractivity contribution in [3.8, 4) is 11.5 Å². The van der Waals surface area contributed by atoms with Gasteiger partial charge in [0.2, 0.25) is 12.7 Å². The molecule has 0 aromatic heterocycles. The van der Waals surface area contributed by atoms with Crippen molar-refractivity contribution in [3.63, 3.8) is 0 Å². The second-order valence-electron chi connectivity index (χ2n) is 8.25. The van der Waals surface area contributed by atoms with E-state index in [9.17, 15) is 14.4 Å². The molecule has 3 aromatic carbocycles. The third-order valence-corrected chi connectivity index (χ3v) is 6.46. The fourth-order valence-electron chi connectivity index (χ4n) is 4.14. The first-order chi connectivity index (χ1) is 16.4. The Morgan fingerprint density at radius 2 is 1.71 bits per heavy atom. The zero-order valence-electron chi connectivity index (χ0n) is 18.4. The lowest BCUT2D eigenvalue weighted by Gasteiger charge is -2.28. The molecule has 0 N–H and O–H groups in total. The number of nitrogens with zero attached hydrogens (tertiary/aromatic N) is 2. The van der Waals surface area contributed by atoms with E-state index in [1.54, 1.807) is 48.5 Å². The molecule has 5 rings (SSSR count). The lowest BCUT2D eigenvalue weighted by Crippen LogP contribution is -2.45. The normalized spacial score (nSPS) is 16.8. The fraction of sp³-hybridized carbons (Fsp3) is 0.192. The summed E-state index contributed by atoms with van der Waals surface area (Å²) in [5, 5.41) is 0. The molecular weight excluding hydrogens is 500 g/mol. The molecule has 7 nitrogen and oxygen atoms in total. The second-order valence-corrected chi connectivity index (χ2v) is 9.17. The summed E-state index contributed by atoms with van der Waals surface area (Å²) in [6.45, 7) is 2.22. The van der Waals surface area contributed by atoms with Crippen LogP contribution in [-0.4, -0.2) is 35.5 Å². The predicted octanol–water partition coefficient (Wildman–Crippen LogP) is 4.46. The molecule has 2 aliphatic rings. The molecule has 34 heavy (non-hydrogen) atoms. The van der Waals surface area contributed by atoms with Crippen LogP contribution >= 0.6 is 15.9 Å². The van der Waals surface area contributed by atoms with Gasteiger partial charge in [-0.3, -0.25) is 14.4 Å². The maximum Gasteiger partial charge on any atom is 0.257 e. The molecule has 2 heterocycles. The van der Waals surface area contributed by atoms with Gasteiger partial charge in [0.15, 0.2) is 11.5 Å². The summed E-state index contributed by atoms with van der Waals surface area (Å²) in [7, 11) is 0. The predicted molar refractivity (Wildman–Crippen MR) is 129 cm³/mol. The fourth-order valence-corrected chi connectivity index (χ4v) is 4.41. The van der Waals surface area contributed by atoms with E-state index >= 15 is 0 Å². The highest BCUT2D eigenvalue weighted by molar-refractivity contribution is 9.10. The quantitative estimate of drug-likeness (QED) is 0.464. The van der Waals surface area contributed by atoms with Crippen molar-refractivity contribution in [3.05, 3.63) is 87.9 Å². The lowest BCUT2D eigenvalue weighted by molar-refractivity contribution is -0.122. The largest absolute Gasteiger partial charge is 0.454 e. The Balaban J connectivity index is 1.49. The number of fused-ring (bicyclic) bond motifs is 1. The summed E-state index contributed by atoms with van der Waals surface area (Å²) >= 11 is 3.37. The highest BCUT2D eigenvalue weighted by Gasteiger charge is 2.44. The first-order valence-corrected chi connectivity index (χ1v) is 11.6. The van der Waals surface area contributed by atoms with Crippen LogP contribution < -0.4 is 14.4 Å². The summed E-state index contributed by atoms with van der Waals surface area (Å²) in [4.78, 5) is 42.6. The van der Waals surface area contributed by atoms with Crippen molar-refractivity contribution >= 4 is 39.3 Å². The Morgan fingerprint density at radius 1 is 1.00 bits per heavy atom. The zero-order chi connectivity index (χ0) is 23.8. The number of hydrogen-bond donors (Lipinski definition) is 0. The van der Waals surface area contributed by atoms with Crippen LogP contribution in [0.15, 0.2) is 71.2 Å². The molecule has 0 spiro atoms. The smallest absolute Gasteiger partial charge is 0.257 e. The van der Waals surface area contributed by atoms with E-state index in [0.29, 0.717) is 22.7 Å². The summed E-state index contributed by atoms with van der Waals surface area (Å²) in [5.74, 6) is 0.138. The summed E-state index contributed by atoms with van der Waals surface area (Å²) in [6.07, 6.45) is -0.0863. The molecule has 1 saturated heterocycles. The van der Waals surface area contributed by atoms with Crippen molar-refractivity contribution in [2.75, 3.05) is 11.7 Å². The Labute approximate surface area is 205 Å². The topological polar surface area (TPSA) is 76.2 Å². The van der Waals surface area contributed by atoms with Crippen LogP contribution in [0.1, 0.15) is 27.9 Å². The summed E-state index contributed by atoms with van der Waals surface area (Å²) in [5.41, 5.74) is 2.72. The number of carbonyl (C=O) groups is 3. The first-order valence-electron chi connectivity index (χ1n) is 10.8. The molecule has 172 valence electrons. The van der Waals surface area contributed by atoms with Gasteiger partial charge in [-0.05, 0) is 61.0 Å². The van der Waals surface area contributed by atoms with Crippen LogP contribution in [0.4, 0.5) is 5.69 Å². The van der Waals surface area contributed by atoms with Crippen LogP contribution in [-0.2, 0) is 16.1 Å². The van der Waals surface area contributed by atoms with Crippen LogP contribution in [0.3, 0.4) is 0 Å². The van der Waals surface area contributed by atoms with E-state index < -0.39 is 11.9 Å². The molecule has 0 saturated carbocycles. The van der Waals surface area contributed by atoms with Gasteiger partial charge >= 0.3 is 0 Å². The van der Waals surface area contributed by atoms with Gasteiger partial charge in [0.1, 0.15) is 6.04 Å². The van der Waals surface area contributed by atoms with E-state index in [1.807, 2.05) is 25.1 Å². The van der Waals surface area contributed by atoms with Crippen molar-refractivity contribution in [1.29, 1.82) is 0 Å². The van der Waals surface area contributed by atoms with Crippen molar-refractivity contribution in [2.45, 2.75) is 25.9 Å². The van der Waals surface area contributed by atoms with Crippen LogP contribution in [0.2, 0.25) is 0 Å². The van der Waals surface area contributed by atoms with Gasteiger partial charge < -0.3 is 14.4 Å². The third kappa shape index (κ3) is 4.17. The molecule has 0 radical (unpaired) electrons. The Hall–Kier alpha value is -3.65. The van der Waals surface area contributed by atoms with E-state index in [0.717, 1.165) is 20.5 Å². The van der Waals surface area contributed by atoms with Gasteiger partial charge in [-0.2, -0.15) is 0 Å². The number of halogens is 1. The minimum absolute atomic E-state index is 0.0863. The SMILES string of the molecule is Cc1ccc(C(=O)N(Cc2ccc3c(c2)OCO3)C2CC(=O)N(c3ccc(Br)cc3)C2=O)cc1. The minimum atomic E-state index is -0.921. The Bertz CT molecular complexity index is 1270. The minimum Gasteiger partial charge on any atom is -0.454 e. The highest BCUT2D eigenvalue weighted by Crippen LogP contribution is 2.34. The number of ether oxygens (including phenoxy) is 2. The maximum atomic E-state index is 13.6. The molecule has 1 fully saturated rings. The Kier molecular flexibility index (Phi) is 5.83. The molecule has 3 amide bonds. The number of benzene rings is 3. The van der Waals surface area contributed by atoms with Crippen molar-refractivity contribution in [2.24, 2.45) is 0 Å². The van der Waals surface area contributed by atoms with Crippen LogP contribution in [0.5, 0.6) is 11.5 Å². The van der Waals surface area contributed by atoms with Gasteiger partial charge in [0.05, 0.1) is 12.1 Å². The first kappa shape index (κ1) is 22.2. The van der Waals surface area contributed by atoms with Crippen molar-refractivity contribution < 1.29 is 23.9 Å². The Morgan fingerprint density at radius 3 is 2.44 bits per heavy atom. The molecule has 2 aliphatic heterocycles. The zero-order valence-corrected chi connectivity index (χ0v) is 19.9. The number of carbonyl (C=O) groups excluding carboxylic acids is 3. The monoisotopic (exact) mass is 520 g/mol. The number of imide groups is 1. The van der Waals surface area contributed by atoms with E-state index in [2.05, 4.69) is 15.9 Å². The lowest BCUT2D eigenvalue weighted by atomic mass is 10.1. The average Bonchev–Trinajstić information content (AvgIpc) is 3.41.